The van der Waals surface area contributed by atoms with E-state index < -0.39 is 0 Å². The first-order valence-electron chi connectivity index (χ1n) is 5.27. The van der Waals surface area contributed by atoms with E-state index in [0.29, 0.717) is 24.0 Å². The summed E-state index contributed by atoms with van der Waals surface area (Å²) in [7, 11) is 0. The highest BCUT2D eigenvalue weighted by molar-refractivity contribution is 5.44. The van der Waals surface area contributed by atoms with Gasteiger partial charge in [-0.05, 0) is 24.8 Å². The standard InChI is InChI=1S/C12H18FNO/c1-9(2)4-3-5-15-12-7-10(13)6-11(14)8-12/h6-9H,3-5,14H2,1-2H3. The fraction of sp³-hybridized carbons (Fsp3) is 0.500. The van der Waals surface area contributed by atoms with Crippen LogP contribution in [0, 0.1) is 11.7 Å². The van der Waals surface area contributed by atoms with Crippen LogP contribution in [0.4, 0.5) is 10.1 Å². The van der Waals surface area contributed by atoms with Crippen LogP contribution in [0.5, 0.6) is 5.75 Å². The molecule has 84 valence electrons. The van der Waals surface area contributed by atoms with Crippen molar-refractivity contribution in [2.24, 2.45) is 5.92 Å². The maximum absolute atomic E-state index is 12.9. The highest BCUT2D eigenvalue weighted by atomic mass is 19.1. The maximum Gasteiger partial charge on any atom is 0.128 e. The van der Waals surface area contributed by atoms with Gasteiger partial charge >= 0.3 is 0 Å². The molecule has 2 N–H and O–H groups in total. The summed E-state index contributed by atoms with van der Waals surface area (Å²) in [6.45, 7) is 4.95. The second kappa shape index (κ2) is 5.59. The number of nitrogens with two attached hydrogens (primary N) is 1. The lowest BCUT2D eigenvalue weighted by molar-refractivity contribution is 0.296. The van der Waals surface area contributed by atoms with Gasteiger partial charge in [0.2, 0.25) is 0 Å². The molecule has 0 aromatic heterocycles. The van der Waals surface area contributed by atoms with E-state index in [0.717, 1.165) is 12.8 Å². The molecule has 0 aliphatic rings. The van der Waals surface area contributed by atoms with Crippen molar-refractivity contribution < 1.29 is 9.13 Å². The van der Waals surface area contributed by atoms with E-state index in [4.69, 9.17) is 10.5 Å². The molecule has 0 fully saturated rings. The first kappa shape index (κ1) is 11.8. The molecular weight excluding hydrogens is 193 g/mol. The lowest BCUT2D eigenvalue weighted by atomic mass is 10.1. The van der Waals surface area contributed by atoms with E-state index in [1.165, 1.54) is 12.1 Å². The van der Waals surface area contributed by atoms with Crippen molar-refractivity contribution in [1.82, 2.24) is 0 Å². The molecule has 1 aromatic rings. The second-order valence-electron chi connectivity index (χ2n) is 4.10. The summed E-state index contributed by atoms with van der Waals surface area (Å²) in [5.41, 5.74) is 5.89. The predicted octanol–water partition coefficient (Wildman–Crippen LogP) is 3.22. The SMILES string of the molecule is CC(C)CCCOc1cc(N)cc(F)c1. The summed E-state index contributed by atoms with van der Waals surface area (Å²) in [5, 5.41) is 0. The number of anilines is 1. The van der Waals surface area contributed by atoms with Crippen LogP contribution < -0.4 is 10.5 Å². The van der Waals surface area contributed by atoms with Gasteiger partial charge < -0.3 is 10.5 Å². The smallest absolute Gasteiger partial charge is 0.128 e. The van der Waals surface area contributed by atoms with Crippen LogP contribution in [0.15, 0.2) is 18.2 Å². The second-order valence-corrected chi connectivity index (χ2v) is 4.10. The fourth-order valence-electron chi connectivity index (χ4n) is 1.35. The normalized spacial score (nSPS) is 10.7. The first-order chi connectivity index (χ1) is 7.08. The fourth-order valence-corrected chi connectivity index (χ4v) is 1.35. The van der Waals surface area contributed by atoms with E-state index in [1.54, 1.807) is 6.07 Å². The van der Waals surface area contributed by atoms with Gasteiger partial charge in [-0.2, -0.15) is 0 Å². The van der Waals surface area contributed by atoms with Crippen LogP contribution in [0.1, 0.15) is 26.7 Å². The average Bonchev–Trinajstić information content (AvgIpc) is 2.10. The Morgan fingerprint density at radius 3 is 2.67 bits per heavy atom. The monoisotopic (exact) mass is 211 g/mol. The van der Waals surface area contributed by atoms with Crippen LogP contribution in [0.3, 0.4) is 0 Å². The Kier molecular flexibility index (Phi) is 4.40. The van der Waals surface area contributed by atoms with E-state index >= 15 is 0 Å². The molecule has 2 nitrogen and oxygen atoms in total. The zero-order valence-electron chi connectivity index (χ0n) is 9.29. The zero-order chi connectivity index (χ0) is 11.3. The number of nitrogen functional groups attached to an aromatic ring is 1. The Balaban J connectivity index is 2.37. The quantitative estimate of drug-likeness (QED) is 0.599. The molecule has 0 radical (unpaired) electrons. The topological polar surface area (TPSA) is 35.2 Å². The number of hydrogen-bond acceptors (Lipinski definition) is 2. The Bertz CT molecular complexity index is 292. The number of halogens is 1. The minimum absolute atomic E-state index is 0.353. The van der Waals surface area contributed by atoms with E-state index in [1.807, 2.05) is 0 Å². The van der Waals surface area contributed by atoms with Gasteiger partial charge in [-0.3, -0.25) is 0 Å². The van der Waals surface area contributed by atoms with Gasteiger partial charge in [0.25, 0.3) is 0 Å². The molecule has 0 aliphatic heterocycles. The Morgan fingerprint density at radius 1 is 1.33 bits per heavy atom. The van der Waals surface area contributed by atoms with E-state index in [2.05, 4.69) is 13.8 Å². The predicted molar refractivity (Wildman–Crippen MR) is 60.4 cm³/mol. The van der Waals surface area contributed by atoms with Crippen molar-refractivity contribution in [3.05, 3.63) is 24.0 Å². The lowest BCUT2D eigenvalue weighted by Crippen LogP contribution is -2.00. The van der Waals surface area contributed by atoms with Crippen molar-refractivity contribution >= 4 is 5.69 Å². The molecule has 0 atom stereocenters. The average molecular weight is 211 g/mol. The Hall–Kier alpha value is -1.25. The molecule has 1 rings (SSSR count). The molecule has 15 heavy (non-hydrogen) atoms. The molecule has 0 aliphatic carbocycles. The van der Waals surface area contributed by atoms with Crippen LogP contribution in [-0.2, 0) is 0 Å². The largest absolute Gasteiger partial charge is 0.493 e. The molecule has 0 saturated carbocycles. The molecule has 0 amide bonds. The molecular formula is C12H18FNO. The van der Waals surface area contributed by atoms with Crippen LogP contribution in [0.2, 0.25) is 0 Å². The van der Waals surface area contributed by atoms with E-state index in [-0.39, 0.29) is 5.82 Å². The highest BCUT2D eigenvalue weighted by Crippen LogP contribution is 2.18. The summed E-state index contributed by atoms with van der Waals surface area (Å²) >= 11 is 0. The zero-order valence-corrected chi connectivity index (χ0v) is 9.29. The van der Waals surface area contributed by atoms with Crippen molar-refractivity contribution in [2.45, 2.75) is 26.7 Å². The highest BCUT2D eigenvalue weighted by Gasteiger charge is 2.00. The molecule has 0 bridgehead atoms. The summed E-state index contributed by atoms with van der Waals surface area (Å²) in [5.74, 6) is 0.830. The number of rotatable bonds is 5. The lowest BCUT2D eigenvalue weighted by Gasteiger charge is -2.08. The van der Waals surface area contributed by atoms with Crippen LogP contribution in [-0.4, -0.2) is 6.61 Å². The molecule has 0 unspecified atom stereocenters. The van der Waals surface area contributed by atoms with Gasteiger partial charge in [-0.25, -0.2) is 4.39 Å². The van der Waals surface area contributed by atoms with Crippen molar-refractivity contribution in [3.63, 3.8) is 0 Å². The molecule has 3 heteroatoms. The van der Waals surface area contributed by atoms with Crippen molar-refractivity contribution in [3.8, 4) is 5.75 Å². The summed E-state index contributed by atoms with van der Waals surface area (Å²) in [4.78, 5) is 0. The third kappa shape index (κ3) is 4.68. The van der Waals surface area contributed by atoms with Gasteiger partial charge in [0, 0.05) is 17.8 Å². The van der Waals surface area contributed by atoms with Gasteiger partial charge in [-0.1, -0.05) is 13.8 Å². The minimum Gasteiger partial charge on any atom is -0.493 e. The molecule has 1 aromatic carbocycles. The summed E-state index contributed by atoms with van der Waals surface area (Å²) in [6.07, 6.45) is 2.10. The van der Waals surface area contributed by atoms with Gasteiger partial charge in [0.05, 0.1) is 6.61 Å². The number of benzene rings is 1. The third-order valence-corrected chi connectivity index (χ3v) is 2.09. The van der Waals surface area contributed by atoms with Crippen molar-refractivity contribution in [1.29, 1.82) is 0 Å². The molecule has 0 saturated heterocycles. The van der Waals surface area contributed by atoms with Gasteiger partial charge in [0.15, 0.2) is 0 Å². The van der Waals surface area contributed by atoms with Gasteiger partial charge in [0.1, 0.15) is 11.6 Å². The minimum atomic E-state index is -0.353. The van der Waals surface area contributed by atoms with Gasteiger partial charge in [-0.15, -0.1) is 0 Å². The number of ether oxygens (including phenoxy) is 1. The molecule has 0 spiro atoms. The Labute approximate surface area is 90.2 Å². The summed E-state index contributed by atoms with van der Waals surface area (Å²) in [6, 6.07) is 4.27. The van der Waals surface area contributed by atoms with Crippen LogP contribution in [0.25, 0.3) is 0 Å². The third-order valence-electron chi connectivity index (χ3n) is 2.09. The Morgan fingerprint density at radius 2 is 2.07 bits per heavy atom. The van der Waals surface area contributed by atoms with E-state index in [9.17, 15) is 4.39 Å². The summed E-state index contributed by atoms with van der Waals surface area (Å²) < 4.78 is 18.3. The number of hydrogen-bond donors (Lipinski definition) is 1. The van der Waals surface area contributed by atoms with Crippen LogP contribution >= 0.6 is 0 Å². The maximum atomic E-state index is 12.9. The molecule has 0 heterocycles. The first-order valence-corrected chi connectivity index (χ1v) is 5.27. The van der Waals surface area contributed by atoms with Crippen molar-refractivity contribution in [2.75, 3.05) is 12.3 Å².